The standard InChI is InChI=1S/C20H24N2O5/c1-25-16-6-3-7-17(19(16)26-2)27-14-10-8-13(9-11-14)22-20(24)18-15(23)5-4-12-21-18/h3-7,12-14,23H,8-11H2,1-2H3,(H,22,24). The third kappa shape index (κ3) is 4.42. The van der Waals surface area contributed by atoms with Crippen LogP contribution in [0.3, 0.4) is 0 Å². The highest BCUT2D eigenvalue weighted by Crippen LogP contribution is 2.38. The fraction of sp³-hybridized carbons (Fsp3) is 0.400. The average Bonchev–Trinajstić information content (AvgIpc) is 2.69. The molecule has 1 aromatic heterocycles. The molecular formula is C20H24N2O5. The van der Waals surface area contributed by atoms with Gasteiger partial charge >= 0.3 is 0 Å². The third-order valence-corrected chi connectivity index (χ3v) is 4.67. The Bertz CT molecular complexity index is 788. The summed E-state index contributed by atoms with van der Waals surface area (Å²) in [6.07, 6.45) is 4.72. The lowest BCUT2D eigenvalue weighted by molar-refractivity contribution is 0.0883. The summed E-state index contributed by atoms with van der Waals surface area (Å²) < 4.78 is 16.8. The Morgan fingerprint density at radius 1 is 1.07 bits per heavy atom. The number of carbonyl (C=O) groups is 1. The zero-order valence-electron chi connectivity index (χ0n) is 15.5. The number of pyridine rings is 1. The molecule has 7 heteroatoms. The van der Waals surface area contributed by atoms with Crippen molar-refractivity contribution >= 4 is 5.91 Å². The minimum atomic E-state index is -0.355. The lowest BCUT2D eigenvalue weighted by Gasteiger charge is -2.30. The summed E-state index contributed by atoms with van der Waals surface area (Å²) >= 11 is 0. The van der Waals surface area contributed by atoms with Gasteiger partial charge < -0.3 is 24.6 Å². The van der Waals surface area contributed by atoms with Gasteiger partial charge in [0.1, 0.15) is 5.75 Å². The van der Waals surface area contributed by atoms with Gasteiger partial charge in [-0.15, -0.1) is 0 Å². The second kappa shape index (κ2) is 8.62. The number of carbonyl (C=O) groups excluding carboxylic acids is 1. The van der Waals surface area contributed by atoms with Crippen LogP contribution in [-0.4, -0.2) is 42.4 Å². The van der Waals surface area contributed by atoms with Gasteiger partial charge in [-0.3, -0.25) is 4.79 Å². The maximum Gasteiger partial charge on any atom is 0.273 e. The first kappa shape index (κ1) is 18.8. The van der Waals surface area contributed by atoms with Crippen LogP contribution >= 0.6 is 0 Å². The van der Waals surface area contributed by atoms with E-state index < -0.39 is 0 Å². The molecule has 3 rings (SSSR count). The molecule has 144 valence electrons. The number of benzene rings is 1. The summed E-state index contributed by atoms with van der Waals surface area (Å²) in [5.74, 6) is 1.40. The SMILES string of the molecule is COc1cccc(OC2CCC(NC(=O)c3ncccc3O)CC2)c1OC. The molecule has 0 radical (unpaired) electrons. The summed E-state index contributed by atoms with van der Waals surface area (Å²) in [7, 11) is 3.18. The number of hydrogen-bond donors (Lipinski definition) is 2. The van der Waals surface area contributed by atoms with Gasteiger partial charge in [0.05, 0.1) is 20.3 Å². The summed E-state index contributed by atoms with van der Waals surface area (Å²) in [5.41, 5.74) is 0.0528. The maximum absolute atomic E-state index is 12.3. The van der Waals surface area contributed by atoms with Crippen molar-refractivity contribution in [2.24, 2.45) is 0 Å². The molecule has 27 heavy (non-hydrogen) atoms. The van der Waals surface area contributed by atoms with Crippen molar-refractivity contribution in [1.82, 2.24) is 10.3 Å². The molecule has 1 saturated carbocycles. The summed E-state index contributed by atoms with van der Waals surface area (Å²) in [4.78, 5) is 16.2. The van der Waals surface area contributed by atoms with Crippen LogP contribution in [0.5, 0.6) is 23.0 Å². The van der Waals surface area contributed by atoms with Gasteiger partial charge in [0.15, 0.2) is 17.2 Å². The quantitative estimate of drug-likeness (QED) is 0.810. The Balaban J connectivity index is 1.55. The average molecular weight is 372 g/mol. The molecule has 0 atom stereocenters. The van der Waals surface area contributed by atoms with Crippen molar-refractivity contribution in [3.8, 4) is 23.0 Å². The second-order valence-corrected chi connectivity index (χ2v) is 6.43. The minimum absolute atomic E-state index is 0.0333. The Hall–Kier alpha value is -2.96. The third-order valence-electron chi connectivity index (χ3n) is 4.67. The molecule has 1 aliphatic carbocycles. The number of rotatable bonds is 6. The molecule has 0 bridgehead atoms. The molecule has 0 unspecified atom stereocenters. The van der Waals surface area contributed by atoms with Gasteiger partial charge in [0.2, 0.25) is 5.75 Å². The largest absolute Gasteiger partial charge is 0.505 e. The first-order chi connectivity index (χ1) is 13.1. The molecule has 0 saturated heterocycles. The van der Waals surface area contributed by atoms with E-state index in [1.807, 2.05) is 18.2 Å². The number of aromatic nitrogens is 1. The fourth-order valence-electron chi connectivity index (χ4n) is 3.28. The topological polar surface area (TPSA) is 89.9 Å². The maximum atomic E-state index is 12.3. The van der Waals surface area contributed by atoms with Crippen LogP contribution in [-0.2, 0) is 0 Å². The molecule has 2 N–H and O–H groups in total. The zero-order valence-corrected chi connectivity index (χ0v) is 15.5. The van der Waals surface area contributed by atoms with Crippen LogP contribution in [0.25, 0.3) is 0 Å². The fourth-order valence-corrected chi connectivity index (χ4v) is 3.28. The smallest absolute Gasteiger partial charge is 0.273 e. The molecule has 1 heterocycles. The van der Waals surface area contributed by atoms with E-state index in [-0.39, 0.29) is 29.5 Å². The first-order valence-electron chi connectivity index (χ1n) is 8.95. The lowest BCUT2D eigenvalue weighted by Crippen LogP contribution is -2.40. The molecule has 0 aliphatic heterocycles. The van der Waals surface area contributed by atoms with Crippen LogP contribution in [0.15, 0.2) is 36.5 Å². The van der Waals surface area contributed by atoms with Crippen molar-refractivity contribution in [2.75, 3.05) is 14.2 Å². The predicted molar refractivity (Wildman–Crippen MR) is 99.6 cm³/mol. The molecule has 1 aromatic carbocycles. The number of aromatic hydroxyl groups is 1. The first-order valence-corrected chi connectivity index (χ1v) is 8.95. The highest BCUT2D eigenvalue weighted by Gasteiger charge is 2.26. The van der Waals surface area contributed by atoms with Crippen LogP contribution in [0, 0.1) is 0 Å². The number of ether oxygens (including phenoxy) is 3. The normalized spacial score (nSPS) is 19.2. The Morgan fingerprint density at radius 3 is 2.48 bits per heavy atom. The van der Waals surface area contributed by atoms with Crippen molar-refractivity contribution < 1.29 is 24.1 Å². The molecule has 1 fully saturated rings. The monoisotopic (exact) mass is 372 g/mol. The number of amides is 1. The van der Waals surface area contributed by atoms with Gasteiger partial charge in [-0.1, -0.05) is 6.07 Å². The predicted octanol–water partition coefficient (Wildman–Crippen LogP) is 2.92. The molecule has 7 nitrogen and oxygen atoms in total. The Labute approximate surface area is 158 Å². The number of methoxy groups -OCH3 is 2. The van der Waals surface area contributed by atoms with Crippen molar-refractivity contribution in [2.45, 2.75) is 37.8 Å². The Kier molecular flexibility index (Phi) is 6.01. The van der Waals surface area contributed by atoms with Gasteiger partial charge in [0, 0.05) is 12.2 Å². The highest BCUT2D eigenvalue weighted by molar-refractivity contribution is 5.94. The van der Waals surface area contributed by atoms with Crippen LogP contribution in [0.1, 0.15) is 36.2 Å². The van der Waals surface area contributed by atoms with Gasteiger partial charge in [-0.05, 0) is 49.9 Å². The van der Waals surface area contributed by atoms with Gasteiger partial charge in [-0.2, -0.15) is 0 Å². The summed E-state index contributed by atoms with van der Waals surface area (Å²) in [6.45, 7) is 0. The molecular weight excluding hydrogens is 348 g/mol. The lowest BCUT2D eigenvalue weighted by atomic mass is 9.92. The van der Waals surface area contributed by atoms with E-state index >= 15 is 0 Å². The summed E-state index contributed by atoms with van der Waals surface area (Å²) in [6, 6.07) is 8.62. The number of nitrogens with one attached hydrogen (secondary N) is 1. The van der Waals surface area contributed by atoms with E-state index in [0.717, 1.165) is 25.7 Å². The van der Waals surface area contributed by atoms with Crippen LogP contribution in [0.2, 0.25) is 0 Å². The highest BCUT2D eigenvalue weighted by atomic mass is 16.5. The van der Waals surface area contributed by atoms with Crippen molar-refractivity contribution in [3.05, 3.63) is 42.2 Å². The van der Waals surface area contributed by atoms with E-state index in [1.54, 1.807) is 20.3 Å². The van der Waals surface area contributed by atoms with Gasteiger partial charge in [0.25, 0.3) is 5.91 Å². The van der Waals surface area contributed by atoms with Crippen LogP contribution in [0.4, 0.5) is 0 Å². The molecule has 2 aromatic rings. The van der Waals surface area contributed by atoms with Gasteiger partial charge in [-0.25, -0.2) is 4.98 Å². The Morgan fingerprint density at radius 2 is 1.81 bits per heavy atom. The van der Waals surface area contributed by atoms with Crippen LogP contribution < -0.4 is 19.5 Å². The number of para-hydroxylation sites is 1. The van der Waals surface area contributed by atoms with E-state index in [4.69, 9.17) is 14.2 Å². The van der Waals surface area contributed by atoms with E-state index in [0.29, 0.717) is 17.2 Å². The molecule has 0 spiro atoms. The minimum Gasteiger partial charge on any atom is -0.505 e. The zero-order chi connectivity index (χ0) is 19.2. The van der Waals surface area contributed by atoms with Crippen molar-refractivity contribution in [1.29, 1.82) is 0 Å². The second-order valence-electron chi connectivity index (χ2n) is 6.43. The molecule has 1 amide bonds. The number of nitrogens with zero attached hydrogens (tertiary/aromatic N) is 1. The van der Waals surface area contributed by atoms with Crippen molar-refractivity contribution in [3.63, 3.8) is 0 Å². The van der Waals surface area contributed by atoms with E-state index in [1.165, 1.54) is 12.3 Å². The van der Waals surface area contributed by atoms with E-state index in [9.17, 15) is 9.90 Å². The number of hydrogen-bond acceptors (Lipinski definition) is 6. The van der Waals surface area contributed by atoms with E-state index in [2.05, 4.69) is 10.3 Å². The summed E-state index contributed by atoms with van der Waals surface area (Å²) in [5, 5.41) is 12.7. The molecule has 1 aliphatic rings.